The molecule has 2 aromatic rings. The van der Waals surface area contributed by atoms with Gasteiger partial charge >= 0.3 is 0 Å². The summed E-state index contributed by atoms with van der Waals surface area (Å²) < 4.78 is 34.9. The normalized spacial score (nSPS) is 16.7. The van der Waals surface area contributed by atoms with Crippen molar-refractivity contribution >= 4 is 15.7 Å². The minimum Gasteiger partial charge on any atom is -0.485 e. The Morgan fingerprint density at radius 1 is 1.32 bits per heavy atom. The van der Waals surface area contributed by atoms with E-state index < -0.39 is 10.0 Å². The smallest absolute Gasteiger partial charge is 0.281 e. The summed E-state index contributed by atoms with van der Waals surface area (Å²) in [7, 11) is -2.05. The SMILES string of the molecule is Cn1ccc(S(=O)(=O)Nc2cccc3c2OC(C)(C)CC3)n1. The zero-order valence-electron chi connectivity index (χ0n) is 12.8. The number of para-hydroxylation sites is 1. The van der Waals surface area contributed by atoms with E-state index >= 15 is 0 Å². The Bertz CT molecular complexity index is 809. The molecule has 1 aromatic carbocycles. The molecule has 2 heterocycles. The van der Waals surface area contributed by atoms with Crippen LogP contribution >= 0.6 is 0 Å². The van der Waals surface area contributed by atoms with Crippen LogP contribution in [0.25, 0.3) is 0 Å². The minimum absolute atomic E-state index is 0.0114. The second-order valence-electron chi connectivity index (χ2n) is 6.09. The molecule has 0 bridgehead atoms. The minimum atomic E-state index is -3.73. The number of rotatable bonds is 3. The van der Waals surface area contributed by atoms with Crippen LogP contribution in [-0.4, -0.2) is 23.8 Å². The van der Waals surface area contributed by atoms with Gasteiger partial charge in [-0.1, -0.05) is 12.1 Å². The van der Waals surface area contributed by atoms with Crippen molar-refractivity contribution in [2.45, 2.75) is 37.3 Å². The maximum absolute atomic E-state index is 12.4. The van der Waals surface area contributed by atoms with Gasteiger partial charge < -0.3 is 4.74 Å². The first-order valence-corrected chi connectivity index (χ1v) is 8.59. The lowest BCUT2D eigenvalue weighted by atomic mass is 9.94. The summed E-state index contributed by atoms with van der Waals surface area (Å²) in [5.74, 6) is 0.609. The van der Waals surface area contributed by atoms with E-state index in [2.05, 4.69) is 9.82 Å². The first kappa shape index (κ1) is 14.9. The van der Waals surface area contributed by atoms with Crippen LogP contribution in [-0.2, 0) is 23.5 Å². The highest BCUT2D eigenvalue weighted by Crippen LogP contribution is 2.39. The fourth-order valence-corrected chi connectivity index (χ4v) is 3.51. The van der Waals surface area contributed by atoms with E-state index in [1.54, 1.807) is 19.3 Å². The summed E-state index contributed by atoms with van der Waals surface area (Å²) in [6, 6.07) is 6.96. The molecule has 22 heavy (non-hydrogen) atoms. The molecule has 118 valence electrons. The number of aromatic nitrogens is 2. The van der Waals surface area contributed by atoms with Crippen LogP contribution in [0.1, 0.15) is 25.8 Å². The molecule has 0 unspecified atom stereocenters. The van der Waals surface area contributed by atoms with E-state index in [4.69, 9.17) is 4.74 Å². The highest BCUT2D eigenvalue weighted by molar-refractivity contribution is 7.92. The third-order valence-corrected chi connectivity index (χ3v) is 4.94. The third kappa shape index (κ3) is 2.81. The molecule has 0 atom stereocenters. The molecule has 6 nitrogen and oxygen atoms in total. The Hall–Kier alpha value is -2.02. The molecule has 0 radical (unpaired) electrons. The number of hydrogen-bond donors (Lipinski definition) is 1. The summed E-state index contributed by atoms with van der Waals surface area (Å²) >= 11 is 0. The number of anilines is 1. The van der Waals surface area contributed by atoms with Crippen molar-refractivity contribution < 1.29 is 13.2 Å². The molecule has 0 fully saturated rings. The molecule has 0 spiro atoms. The molecule has 1 aliphatic rings. The van der Waals surface area contributed by atoms with Gasteiger partial charge in [-0.2, -0.15) is 13.5 Å². The van der Waals surface area contributed by atoms with Crippen molar-refractivity contribution in [2.75, 3.05) is 4.72 Å². The topological polar surface area (TPSA) is 73.2 Å². The van der Waals surface area contributed by atoms with Gasteiger partial charge in [0, 0.05) is 13.2 Å². The van der Waals surface area contributed by atoms with Gasteiger partial charge in [-0.15, -0.1) is 0 Å². The van der Waals surface area contributed by atoms with Crippen LogP contribution < -0.4 is 9.46 Å². The molecule has 0 aliphatic carbocycles. The lowest BCUT2D eigenvalue weighted by molar-refractivity contribution is 0.0857. The molecular weight excluding hydrogens is 302 g/mol. The highest BCUT2D eigenvalue weighted by Gasteiger charge is 2.29. The number of fused-ring (bicyclic) bond motifs is 1. The Balaban J connectivity index is 1.97. The van der Waals surface area contributed by atoms with E-state index in [0.29, 0.717) is 11.4 Å². The van der Waals surface area contributed by atoms with Crippen molar-refractivity contribution in [1.29, 1.82) is 0 Å². The number of ether oxygens (including phenoxy) is 1. The Kier molecular flexibility index (Phi) is 3.40. The maximum atomic E-state index is 12.4. The predicted octanol–water partition coefficient (Wildman–Crippen LogP) is 2.32. The molecule has 0 saturated heterocycles. The quantitative estimate of drug-likeness (QED) is 0.941. The first-order valence-electron chi connectivity index (χ1n) is 7.10. The summed E-state index contributed by atoms with van der Waals surface area (Å²) in [5.41, 5.74) is 1.16. The Morgan fingerprint density at radius 3 is 2.77 bits per heavy atom. The molecular formula is C15H19N3O3S. The van der Waals surface area contributed by atoms with E-state index in [0.717, 1.165) is 18.4 Å². The maximum Gasteiger partial charge on any atom is 0.281 e. The highest BCUT2D eigenvalue weighted by atomic mass is 32.2. The van der Waals surface area contributed by atoms with Crippen LogP contribution in [0, 0.1) is 0 Å². The largest absolute Gasteiger partial charge is 0.485 e. The van der Waals surface area contributed by atoms with Crippen LogP contribution in [0.5, 0.6) is 5.75 Å². The average molecular weight is 321 g/mol. The Labute approximate surface area is 130 Å². The molecule has 1 aromatic heterocycles. The summed E-state index contributed by atoms with van der Waals surface area (Å²) in [4.78, 5) is 0. The van der Waals surface area contributed by atoms with Gasteiger partial charge in [0.25, 0.3) is 10.0 Å². The van der Waals surface area contributed by atoms with Crippen molar-refractivity contribution in [1.82, 2.24) is 9.78 Å². The standard InChI is InChI=1S/C15H19N3O3S/c1-15(2)9-7-11-5-4-6-12(14(11)21-15)17-22(19,20)13-8-10-18(3)16-13/h4-6,8,10,17H,7,9H2,1-3H3. The van der Waals surface area contributed by atoms with Gasteiger partial charge in [0.05, 0.1) is 5.69 Å². The number of nitrogens with one attached hydrogen (secondary N) is 1. The molecule has 0 saturated carbocycles. The van der Waals surface area contributed by atoms with Gasteiger partial charge in [-0.05, 0) is 44.4 Å². The third-order valence-electron chi connectivity index (χ3n) is 3.68. The zero-order valence-corrected chi connectivity index (χ0v) is 13.6. The predicted molar refractivity (Wildman–Crippen MR) is 83.5 cm³/mol. The van der Waals surface area contributed by atoms with Crippen molar-refractivity contribution in [2.24, 2.45) is 7.05 Å². The van der Waals surface area contributed by atoms with E-state index in [9.17, 15) is 8.42 Å². The molecule has 1 aliphatic heterocycles. The van der Waals surface area contributed by atoms with Crippen LogP contribution in [0.2, 0.25) is 0 Å². The Morgan fingerprint density at radius 2 is 2.09 bits per heavy atom. The van der Waals surface area contributed by atoms with E-state index in [1.165, 1.54) is 10.7 Å². The molecule has 0 amide bonds. The fraction of sp³-hybridized carbons (Fsp3) is 0.400. The van der Waals surface area contributed by atoms with Crippen molar-refractivity contribution in [3.8, 4) is 5.75 Å². The van der Waals surface area contributed by atoms with E-state index in [1.807, 2.05) is 26.0 Å². The molecule has 3 rings (SSSR count). The van der Waals surface area contributed by atoms with Gasteiger partial charge in [-0.25, -0.2) is 0 Å². The lowest BCUT2D eigenvalue weighted by Gasteiger charge is -2.33. The van der Waals surface area contributed by atoms with Gasteiger partial charge in [0.1, 0.15) is 11.4 Å². The first-order chi connectivity index (χ1) is 10.3. The van der Waals surface area contributed by atoms with Crippen LogP contribution in [0.15, 0.2) is 35.5 Å². The summed E-state index contributed by atoms with van der Waals surface area (Å²) in [6.07, 6.45) is 3.35. The molecule has 1 N–H and O–H groups in total. The number of hydrogen-bond acceptors (Lipinski definition) is 4. The number of benzene rings is 1. The zero-order chi connectivity index (χ0) is 16.0. The number of nitrogens with zero attached hydrogens (tertiary/aromatic N) is 2. The number of sulfonamides is 1. The van der Waals surface area contributed by atoms with Gasteiger partial charge in [0.15, 0.2) is 5.03 Å². The van der Waals surface area contributed by atoms with Crippen LogP contribution in [0.3, 0.4) is 0 Å². The van der Waals surface area contributed by atoms with Gasteiger partial charge in [0.2, 0.25) is 0 Å². The molecule has 7 heteroatoms. The summed E-state index contributed by atoms with van der Waals surface area (Å²) in [5, 5.41) is 3.93. The summed E-state index contributed by atoms with van der Waals surface area (Å²) in [6.45, 7) is 4.00. The second-order valence-corrected chi connectivity index (χ2v) is 7.72. The number of aryl methyl sites for hydroxylation is 2. The van der Waals surface area contributed by atoms with Crippen molar-refractivity contribution in [3.63, 3.8) is 0 Å². The van der Waals surface area contributed by atoms with Crippen molar-refractivity contribution in [3.05, 3.63) is 36.0 Å². The fourth-order valence-electron chi connectivity index (χ4n) is 2.48. The van der Waals surface area contributed by atoms with E-state index in [-0.39, 0.29) is 10.6 Å². The van der Waals surface area contributed by atoms with Gasteiger partial charge in [-0.3, -0.25) is 9.40 Å². The second kappa shape index (κ2) is 5.01. The monoisotopic (exact) mass is 321 g/mol. The average Bonchev–Trinajstić information content (AvgIpc) is 2.86. The van der Waals surface area contributed by atoms with Crippen LogP contribution in [0.4, 0.5) is 5.69 Å². The lowest BCUT2D eigenvalue weighted by Crippen LogP contribution is -2.33.